The number of hydrogen-bond donors (Lipinski definition) is 5. The Morgan fingerprint density at radius 3 is 2.38 bits per heavy atom. The molecule has 2 aromatic carbocycles. The molecule has 34 heavy (non-hydrogen) atoms. The zero-order valence-corrected chi connectivity index (χ0v) is 19.3. The fourth-order valence-electron chi connectivity index (χ4n) is 4.41. The molecule has 0 spiro atoms. The largest absolute Gasteiger partial charge is 0.394 e. The van der Waals surface area contributed by atoms with Gasteiger partial charge in [-0.15, -0.1) is 6.58 Å². The van der Waals surface area contributed by atoms with Gasteiger partial charge < -0.3 is 26.2 Å². The highest BCUT2D eigenvalue weighted by Crippen LogP contribution is 2.29. The van der Waals surface area contributed by atoms with E-state index in [1.165, 1.54) is 6.08 Å². The van der Waals surface area contributed by atoms with Crippen molar-refractivity contribution in [1.82, 2.24) is 10.6 Å². The predicted molar refractivity (Wildman–Crippen MR) is 131 cm³/mol. The number of aliphatic hydroxyl groups excluding tert-OH is 2. The van der Waals surface area contributed by atoms with Crippen molar-refractivity contribution in [3.63, 3.8) is 0 Å². The molecule has 3 rings (SSSR count). The second kappa shape index (κ2) is 11.8. The number of amides is 3. The summed E-state index contributed by atoms with van der Waals surface area (Å²) in [6.07, 6.45) is 4.94. The predicted octanol–water partition coefficient (Wildman–Crippen LogP) is 2.26. The number of aliphatic hydroxyl groups is 2. The summed E-state index contributed by atoms with van der Waals surface area (Å²) in [6, 6.07) is 12.0. The third-order valence-corrected chi connectivity index (χ3v) is 6.35. The van der Waals surface area contributed by atoms with Gasteiger partial charge in [0.15, 0.2) is 0 Å². The Labute approximate surface area is 199 Å². The first-order chi connectivity index (χ1) is 16.4. The molecule has 0 aromatic heterocycles. The first kappa shape index (κ1) is 25.4. The van der Waals surface area contributed by atoms with Crippen LogP contribution < -0.4 is 16.0 Å². The maximum absolute atomic E-state index is 12.9. The van der Waals surface area contributed by atoms with E-state index >= 15 is 0 Å². The molecule has 8 heteroatoms. The minimum atomic E-state index is -1.17. The summed E-state index contributed by atoms with van der Waals surface area (Å²) >= 11 is 0. The van der Waals surface area contributed by atoms with Gasteiger partial charge in [0.05, 0.1) is 24.7 Å². The molecule has 0 heterocycles. The second-order valence-corrected chi connectivity index (χ2v) is 8.91. The standard InChI is InChI=1S/C26H33N3O5/c1-2-7-20(15-23(32)29-26(17-31)12-5-6-13-26)24(33)28-22(16-30)25(34)27-21-11-10-18-8-3-4-9-19(18)14-21/h2-4,8-11,14,20,22,30-31H,1,5-7,12-13,15-17H2,(H,27,34)(H,28,33)(H,29,32)/t20-,22-/m0/s1. The van der Waals surface area contributed by atoms with E-state index in [0.717, 1.165) is 23.6 Å². The van der Waals surface area contributed by atoms with Crippen LogP contribution in [0.4, 0.5) is 5.69 Å². The topological polar surface area (TPSA) is 128 Å². The fourth-order valence-corrected chi connectivity index (χ4v) is 4.41. The number of rotatable bonds is 11. The van der Waals surface area contributed by atoms with E-state index in [9.17, 15) is 24.6 Å². The molecule has 0 saturated heterocycles. The molecule has 1 aliphatic rings. The van der Waals surface area contributed by atoms with E-state index in [2.05, 4.69) is 22.5 Å². The van der Waals surface area contributed by atoms with Crippen LogP contribution >= 0.6 is 0 Å². The fraction of sp³-hybridized carbons (Fsp3) is 0.423. The molecule has 8 nitrogen and oxygen atoms in total. The lowest BCUT2D eigenvalue weighted by Gasteiger charge is -2.29. The molecule has 0 aliphatic heterocycles. The summed E-state index contributed by atoms with van der Waals surface area (Å²) in [4.78, 5) is 38.2. The Morgan fingerprint density at radius 1 is 1.03 bits per heavy atom. The van der Waals surface area contributed by atoms with Gasteiger partial charge in [-0.05, 0) is 42.2 Å². The number of allylic oxidation sites excluding steroid dienone is 1. The molecule has 0 bridgehead atoms. The van der Waals surface area contributed by atoms with Crippen molar-refractivity contribution in [3.05, 3.63) is 55.1 Å². The summed E-state index contributed by atoms with van der Waals surface area (Å²) in [6.45, 7) is 2.93. The van der Waals surface area contributed by atoms with Gasteiger partial charge in [-0.1, -0.05) is 49.2 Å². The monoisotopic (exact) mass is 467 g/mol. The van der Waals surface area contributed by atoms with Gasteiger partial charge in [-0.2, -0.15) is 0 Å². The van der Waals surface area contributed by atoms with Crippen molar-refractivity contribution >= 4 is 34.2 Å². The highest BCUT2D eigenvalue weighted by molar-refractivity contribution is 5.99. The summed E-state index contributed by atoms with van der Waals surface area (Å²) in [7, 11) is 0. The van der Waals surface area contributed by atoms with E-state index in [-0.39, 0.29) is 25.4 Å². The summed E-state index contributed by atoms with van der Waals surface area (Å²) < 4.78 is 0. The van der Waals surface area contributed by atoms with E-state index in [1.807, 2.05) is 36.4 Å². The molecule has 2 atom stereocenters. The quantitative estimate of drug-likeness (QED) is 0.324. The van der Waals surface area contributed by atoms with E-state index < -0.39 is 35.9 Å². The number of nitrogens with one attached hydrogen (secondary N) is 3. The molecule has 1 saturated carbocycles. The van der Waals surface area contributed by atoms with Crippen molar-refractivity contribution < 1.29 is 24.6 Å². The Balaban J connectivity index is 1.61. The smallest absolute Gasteiger partial charge is 0.249 e. The molecular formula is C26H33N3O5. The molecule has 5 N–H and O–H groups in total. The van der Waals surface area contributed by atoms with E-state index in [1.54, 1.807) is 6.07 Å². The highest BCUT2D eigenvalue weighted by Gasteiger charge is 2.35. The minimum Gasteiger partial charge on any atom is -0.394 e. The maximum Gasteiger partial charge on any atom is 0.249 e. The van der Waals surface area contributed by atoms with Crippen LogP contribution in [-0.2, 0) is 14.4 Å². The lowest BCUT2D eigenvalue weighted by Crippen LogP contribution is -2.51. The average molecular weight is 468 g/mol. The Bertz CT molecular complexity index is 1030. The molecule has 0 radical (unpaired) electrons. The van der Waals surface area contributed by atoms with Crippen LogP contribution in [0.25, 0.3) is 10.8 Å². The Kier molecular flexibility index (Phi) is 8.79. The third-order valence-electron chi connectivity index (χ3n) is 6.35. The lowest BCUT2D eigenvalue weighted by atomic mass is 9.95. The highest BCUT2D eigenvalue weighted by atomic mass is 16.3. The molecule has 0 unspecified atom stereocenters. The average Bonchev–Trinajstić information content (AvgIpc) is 3.30. The molecule has 2 aromatic rings. The third kappa shape index (κ3) is 6.42. The van der Waals surface area contributed by atoms with Crippen molar-refractivity contribution in [2.45, 2.75) is 50.1 Å². The van der Waals surface area contributed by atoms with E-state index in [0.29, 0.717) is 18.5 Å². The van der Waals surface area contributed by atoms with Crippen LogP contribution in [0.5, 0.6) is 0 Å². The van der Waals surface area contributed by atoms with Crippen LogP contribution in [-0.4, -0.2) is 52.7 Å². The summed E-state index contributed by atoms with van der Waals surface area (Å²) in [5.41, 5.74) is -0.0797. The van der Waals surface area contributed by atoms with Crippen molar-refractivity contribution in [3.8, 4) is 0 Å². The van der Waals surface area contributed by atoms with Gasteiger partial charge in [-0.25, -0.2) is 0 Å². The SMILES string of the molecule is C=CC[C@@H](CC(=O)NC1(CO)CCCC1)C(=O)N[C@@H](CO)C(=O)Nc1ccc2ccccc2c1. The number of benzene rings is 2. The number of anilines is 1. The number of carbonyl (C=O) groups is 3. The first-order valence-corrected chi connectivity index (χ1v) is 11.6. The molecule has 182 valence electrons. The van der Waals surface area contributed by atoms with Crippen LogP contribution in [0.2, 0.25) is 0 Å². The van der Waals surface area contributed by atoms with Gasteiger partial charge in [0.25, 0.3) is 0 Å². The van der Waals surface area contributed by atoms with Gasteiger partial charge in [0, 0.05) is 12.1 Å². The molecule has 1 aliphatic carbocycles. The zero-order valence-electron chi connectivity index (χ0n) is 19.3. The van der Waals surface area contributed by atoms with Crippen LogP contribution in [0.1, 0.15) is 38.5 Å². The zero-order chi connectivity index (χ0) is 24.6. The number of hydrogen-bond acceptors (Lipinski definition) is 5. The maximum atomic E-state index is 12.9. The Morgan fingerprint density at radius 2 is 1.74 bits per heavy atom. The first-order valence-electron chi connectivity index (χ1n) is 11.6. The van der Waals surface area contributed by atoms with Gasteiger partial charge in [0.1, 0.15) is 6.04 Å². The Hall–Kier alpha value is -3.23. The van der Waals surface area contributed by atoms with Gasteiger partial charge >= 0.3 is 0 Å². The van der Waals surface area contributed by atoms with Crippen LogP contribution in [0.3, 0.4) is 0 Å². The molecular weight excluding hydrogens is 434 g/mol. The number of carbonyl (C=O) groups excluding carboxylic acids is 3. The summed E-state index contributed by atoms with van der Waals surface area (Å²) in [5, 5.41) is 29.6. The molecule has 3 amide bonds. The van der Waals surface area contributed by atoms with Gasteiger partial charge in [0.2, 0.25) is 17.7 Å². The number of fused-ring (bicyclic) bond motifs is 1. The van der Waals surface area contributed by atoms with Crippen molar-refractivity contribution in [1.29, 1.82) is 0 Å². The second-order valence-electron chi connectivity index (χ2n) is 8.91. The van der Waals surface area contributed by atoms with E-state index in [4.69, 9.17) is 0 Å². The molecule has 1 fully saturated rings. The van der Waals surface area contributed by atoms with Crippen LogP contribution in [0.15, 0.2) is 55.1 Å². The minimum absolute atomic E-state index is 0.107. The lowest BCUT2D eigenvalue weighted by molar-refractivity contribution is -0.133. The van der Waals surface area contributed by atoms with Crippen molar-refractivity contribution in [2.24, 2.45) is 5.92 Å². The van der Waals surface area contributed by atoms with Gasteiger partial charge in [-0.3, -0.25) is 14.4 Å². The van der Waals surface area contributed by atoms with Crippen LogP contribution in [0, 0.1) is 5.92 Å². The van der Waals surface area contributed by atoms with Crippen molar-refractivity contribution in [2.75, 3.05) is 18.5 Å². The summed E-state index contributed by atoms with van der Waals surface area (Å²) in [5.74, 6) is -2.17. The normalized spacial score (nSPS) is 16.4.